The molecule has 2 amide bonds. The number of fused-ring (bicyclic) bond motifs is 2. The molecule has 2 aliphatic rings. The van der Waals surface area contributed by atoms with Crippen LogP contribution in [0.4, 0.5) is 4.79 Å². The molecule has 2 aromatic rings. The number of carbonyl (C=O) groups is 1. The zero-order valence-corrected chi connectivity index (χ0v) is 13.4. The first kappa shape index (κ1) is 15.1. The molecule has 4 rings (SSSR count). The second-order valence-corrected chi connectivity index (χ2v) is 6.09. The molecule has 8 heteroatoms. The predicted octanol–water partition coefficient (Wildman–Crippen LogP) is 1.96. The van der Waals surface area contributed by atoms with E-state index < -0.39 is 0 Å². The van der Waals surface area contributed by atoms with E-state index in [1.54, 1.807) is 16.8 Å². The maximum Gasteiger partial charge on any atom is 0.337 e. The number of aryl methyl sites for hydroxylation is 1. The molecule has 1 aromatic heterocycles. The highest BCUT2D eigenvalue weighted by atomic mass is 16.7. The molecule has 24 heavy (non-hydrogen) atoms. The van der Waals surface area contributed by atoms with Crippen LogP contribution in [0.3, 0.4) is 0 Å². The van der Waals surface area contributed by atoms with Gasteiger partial charge in [-0.2, -0.15) is 4.98 Å². The number of aromatic nitrogens is 2. The number of rotatable bonds is 5. The normalized spacial score (nSPS) is 23.1. The molecule has 8 nitrogen and oxygen atoms in total. The zero-order valence-electron chi connectivity index (χ0n) is 13.4. The summed E-state index contributed by atoms with van der Waals surface area (Å²) in [5.74, 6) is 1.09. The fourth-order valence-electron chi connectivity index (χ4n) is 3.26. The van der Waals surface area contributed by atoms with Crippen molar-refractivity contribution in [2.75, 3.05) is 6.54 Å². The minimum Gasteiger partial charge on any atom is -0.340 e. The third kappa shape index (κ3) is 2.74. The lowest BCUT2D eigenvalue weighted by molar-refractivity contribution is -0.0772. The van der Waals surface area contributed by atoms with Crippen molar-refractivity contribution in [2.24, 2.45) is 0 Å². The van der Waals surface area contributed by atoms with Crippen LogP contribution in [0, 0.1) is 6.92 Å². The lowest BCUT2D eigenvalue weighted by atomic mass is 10.0. The number of nitrogens with one attached hydrogen (secondary N) is 1. The van der Waals surface area contributed by atoms with Crippen molar-refractivity contribution < 1.29 is 14.2 Å². The van der Waals surface area contributed by atoms with Crippen molar-refractivity contribution >= 4 is 6.03 Å². The Morgan fingerprint density at radius 1 is 1.33 bits per heavy atom. The molecule has 2 bridgehead atoms. The standard InChI is InChI=1S/C16H19N5O3/c1-11-17-15(18-24-11)14-8-7-13-9-20(14)16(22)21(13)19-23-10-12-5-3-2-4-6-12/h2-6,13-14,19H,7-10H2,1H3/t13-,14+/m0/s1. The molecule has 126 valence electrons. The van der Waals surface area contributed by atoms with E-state index in [9.17, 15) is 4.79 Å². The predicted molar refractivity (Wildman–Crippen MR) is 83.1 cm³/mol. The molecule has 1 N–H and O–H groups in total. The number of piperidine rings is 1. The maximum atomic E-state index is 12.6. The van der Waals surface area contributed by atoms with Crippen LogP contribution in [0.15, 0.2) is 34.9 Å². The van der Waals surface area contributed by atoms with Crippen molar-refractivity contribution in [2.45, 2.75) is 38.5 Å². The molecule has 0 aliphatic carbocycles. The Kier molecular flexibility index (Phi) is 3.91. The van der Waals surface area contributed by atoms with Crippen molar-refractivity contribution in [1.82, 2.24) is 25.6 Å². The number of amides is 2. The summed E-state index contributed by atoms with van der Waals surface area (Å²) in [6, 6.07) is 9.67. The first-order valence-electron chi connectivity index (χ1n) is 8.04. The van der Waals surface area contributed by atoms with E-state index >= 15 is 0 Å². The first-order valence-corrected chi connectivity index (χ1v) is 8.04. The average Bonchev–Trinajstić information content (AvgIpc) is 3.13. The summed E-state index contributed by atoms with van der Waals surface area (Å²) in [6.07, 6.45) is 1.68. The Labute approximate surface area is 139 Å². The Balaban J connectivity index is 1.39. The SMILES string of the molecule is Cc1nc([C@H]2CC[C@H]3CN2C(=O)N3NOCc2ccccc2)no1. The molecule has 0 spiro atoms. The van der Waals surface area contributed by atoms with Crippen molar-refractivity contribution in [1.29, 1.82) is 0 Å². The first-order chi connectivity index (χ1) is 11.7. The molecule has 1 aromatic carbocycles. The van der Waals surface area contributed by atoms with Crippen LogP contribution in [0.2, 0.25) is 0 Å². The largest absolute Gasteiger partial charge is 0.340 e. The minimum atomic E-state index is -0.132. The molecule has 2 saturated heterocycles. The van der Waals surface area contributed by atoms with Crippen LogP contribution in [0.1, 0.15) is 36.2 Å². The van der Waals surface area contributed by atoms with Gasteiger partial charge < -0.3 is 9.42 Å². The van der Waals surface area contributed by atoms with Gasteiger partial charge in [0.05, 0.1) is 18.7 Å². The van der Waals surface area contributed by atoms with Gasteiger partial charge in [0.2, 0.25) is 5.89 Å². The van der Waals surface area contributed by atoms with Crippen LogP contribution in [0.25, 0.3) is 0 Å². The van der Waals surface area contributed by atoms with Gasteiger partial charge in [0, 0.05) is 13.5 Å². The van der Waals surface area contributed by atoms with E-state index in [-0.39, 0.29) is 18.1 Å². The second kappa shape index (κ2) is 6.21. The molecule has 0 radical (unpaired) electrons. The molecule has 3 heterocycles. The number of hydrazine groups is 1. The van der Waals surface area contributed by atoms with Crippen LogP contribution in [-0.4, -0.2) is 38.7 Å². The summed E-state index contributed by atoms with van der Waals surface area (Å²) in [4.78, 5) is 24.2. The Bertz CT molecular complexity index is 720. The zero-order chi connectivity index (χ0) is 16.5. The van der Waals surface area contributed by atoms with Gasteiger partial charge in [-0.1, -0.05) is 35.5 Å². The van der Waals surface area contributed by atoms with Gasteiger partial charge in [-0.05, 0) is 18.4 Å². The van der Waals surface area contributed by atoms with Crippen LogP contribution in [0.5, 0.6) is 0 Å². The summed E-state index contributed by atoms with van der Waals surface area (Å²) < 4.78 is 5.05. The number of carbonyl (C=O) groups excluding carboxylic acids is 1. The van der Waals surface area contributed by atoms with E-state index in [0.717, 1.165) is 18.4 Å². The monoisotopic (exact) mass is 329 g/mol. The second-order valence-electron chi connectivity index (χ2n) is 6.09. The lowest BCUT2D eigenvalue weighted by Gasteiger charge is -2.27. The van der Waals surface area contributed by atoms with Crippen molar-refractivity contribution in [3.63, 3.8) is 0 Å². The molecule has 0 saturated carbocycles. The Morgan fingerprint density at radius 3 is 2.92 bits per heavy atom. The van der Waals surface area contributed by atoms with E-state index in [2.05, 4.69) is 15.7 Å². The van der Waals surface area contributed by atoms with Gasteiger partial charge >= 0.3 is 6.03 Å². The van der Waals surface area contributed by atoms with E-state index in [0.29, 0.717) is 24.9 Å². The quantitative estimate of drug-likeness (QED) is 0.844. The van der Waals surface area contributed by atoms with Gasteiger partial charge in [0.25, 0.3) is 0 Å². The topological polar surface area (TPSA) is 83.7 Å². The third-order valence-corrected chi connectivity index (χ3v) is 4.46. The van der Waals surface area contributed by atoms with Gasteiger partial charge in [-0.25, -0.2) is 9.80 Å². The highest BCUT2D eigenvalue weighted by Crippen LogP contribution is 2.36. The Morgan fingerprint density at radius 2 is 2.17 bits per heavy atom. The van der Waals surface area contributed by atoms with Crippen LogP contribution in [-0.2, 0) is 11.4 Å². The summed E-state index contributed by atoms with van der Waals surface area (Å²) in [5.41, 5.74) is 3.85. The number of nitrogens with zero attached hydrogens (tertiary/aromatic N) is 4. The van der Waals surface area contributed by atoms with Gasteiger partial charge in [-0.15, -0.1) is 5.59 Å². The van der Waals surface area contributed by atoms with Crippen molar-refractivity contribution in [3.05, 3.63) is 47.6 Å². The Hall–Kier alpha value is -2.45. The smallest absolute Gasteiger partial charge is 0.337 e. The fourth-order valence-corrected chi connectivity index (χ4v) is 3.26. The number of hydrogen-bond donors (Lipinski definition) is 1. The highest BCUT2D eigenvalue weighted by molar-refractivity contribution is 5.77. The molecular weight excluding hydrogens is 310 g/mol. The molecule has 0 unspecified atom stereocenters. The van der Waals surface area contributed by atoms with Gasteiger partial charge in [-0.3, -0.25) is 4.84 Å². The van der Waals surface area contributed by atoms with Gasteiger partial charge in [0.15, 0.2) is 5.82 Å². The summed E-state index contributed by atoms with van der Waals surface area (Å²) in [7, 11) is 0. The van der Waals surface area contributed by atoms with Gasteiger partial charge in [0.1, 0.15) is 0 Å². The molecule has 2 aliphatic heterocycles. The molecule has 2 atom stereocenters. The minimum absolute atomic E-state index is 0.0949. The van der Waals surface area contributed by atoms with E-state index in [1.165, 1.54) is 0 Å². The fraction of sp³-hybridized carbons (Fsp3) is 0.438. The van der Waals surface area contributed by atoms with Crippen LogP contribution >= 0.6 is 0 Å². The van der Waals surface area contributed by atoms with Crippen molar-refractivity contribution in [3.8, 4) is 0 Å². The van der Waals surface area contributed by atoms with E-state index in [4.69, 9.17) is 9.36 Å². The number of urea groups is 1. The lowest BCUT2D eigenvalue weighted by Crippen LogP contribution is -2.44. The summed E-state index contributed by atoms with van der Waals surface area (Å²) >= 11 is 0. The molecule has 2 fully saturated rings. The number of benzene rings is 1. The summed E-state index contributed by atoms with van der Waals surface area (Å²) in [5, 5.41) is 5.53. The maximum absolute atomic E-state index is 12.6. The van der Waals surface area contributed by atoms with E-state index in [1.807, 2.05) is 30.3 Å². The number of hydrogen-bond acceptors (Lipinski definition) is 6. The van der Waals surface area contributed by atoms with Crippen LogP contribution < -0.4 is 5.59 Å². The highest BCUT2D eigenvalue weighted by Gasteiger charge is 2.46. The summed E-state index contributed by atoms with van der Waals surface area (Å²) in [6.45, 7) is 2.78. The third-order valence-electron chi connectivity index (χ3n) is 4.46. The average molecular weight is 329 g/mol. The molecular formula is C16H19N5O3.